The van der Waals surface area contributed by atoms with Crippen LogP contribution in [0.2, 0.25) is 0 Å². The lowest BCUT2D eigenvalue weighted by atomic mass is 10.2. The van der Waals surface area contributed by atoms with Crippen LogP contribution in [-0.2, 0) is 6.54 Å². The normalized spacial score (nSPS) is 23.2. The number of hydrogen-bond acceptors (Lipinski definition) is 5. The molecule has 0 N–H and O–H groups in total. The Kier molecular flexibility index (Phi) is 3.57. The molecule has 25 heavy (non-hydrogen) atoms. The van der Waals surface area contributed by atoms with Crippen LogP contribution < -0.4 is 10.5 Å². The van der Waals surface area contributed by atoms with Crippen LogP contribution in [0.15, 0.2) is 29.2 Å². The second kappa shape index (κ2) is 5.93. The van der Waals surface area contributed by atoms with Gasteiger partial charge in [-0.15, -0.1) is 0 Å². The largest absolute Gasteiger partial charge is 0.352 e. The summed E-state index contributed by atoms with van der Waals surface area (Å²) in [5.41, 5.74) is 1.07. The van der Waals surface area contributed by atoms with Gasteiger partial charge in [0.25, 0.3) is 5.56 Å². The Bertz CT molecular complexity index is 840. The van der Waals surface area contributed by atoms with E-state index in [1.54, 1.807) is 10.7 Å². The number of nitrogens with zero attached hydrogens (tertiary/aromatic N) is 5. The number of anilines is 1. The zero-order valence-electron chi connectivity index (χ0n) is 14.3. The van der Waals surface area contributed by atoms with Crippen molar-refractivity contribution in [3.63, 3.8) is 0 Å². The Morgan fingerprint density at radius 2 is 1.88 bits per heavy atom. The summed E-state index contributed by atoms with van der Waals surface area (Å²) in [4.78, 5) is 23.8. The summed E-state index contributed by atoms with van der Waals surface area (Å²) >= 11 is 0. The molecule has 2 aromatic rings. The summed E-state index contributed by atoms with van der Waals surface area (Å²) in [5.74, 6) is 3.11. The Morgan fingerprint density at radius 3 is 2.68 bits per heavy atom. The lowest BCUT2D eigenvalue weighted by Gasteiger charge is -2.26. The minimum atomic E-state index is -0.00222. The van der Waals surface area contributed by atoms with Crippen molar-refractivity contribution in [1.82, 2.24) is 19.7 Å². The second-order valence-corrected chi connectivity index (χ2v) is 7.59. The van der Waals surface area contributed by atoms with E-state index in [1.165, 1.54) is 25.7 Å². The lowest BCUT2D eigenvalue weighted by molar-refractivity contribution is 0.480. The summed E-state index contributed by atoms with van der Waals surface area (Å²) < 4.78 is 1.67. The molecule has 0 bridgehead atoms. The van der Waals surface area contributed by atoms with Crippen molar-refractivity contribution in [2.45, 2.75) is 62.9 Å². The molecule has 6 nitrogen and oxygen atoms in total. The van der Waals surface area contributed by atoms with Crippen molar-refractivity contribution in [3.05, 3.63) is 46.3 Å². The molecule has 0 amide bonds. The smallest absolute Gasteiger partial charge is 0.266 e. The second-order valence-electron chi connectivity index (χ2n) is 7.59. The minimum Gasteiger partial charge on any atom is -0.352 e. The first-order chi connectivity index (χ1) is 12.3. The van der Waals surface area contributed by atoms with Crippen LogP contribution in [0.1, 0.15) is 61.9 Å². The Balaban J connectivity index is 1.39. The molecule has 0 aromatic carbocycles. The van der Waals surface area contributed by atoms with E-state index < -0.39 is 0 Å². The molecule has 1 saturated heterocycles. The van der Waals surface area contributed by atoms with Crippen LogP contribution in [-0.4, -0.2) is 32.3 Å². The molecule has 6 heteroatoms. The van der Waals surface area contributed by atoms with E-state index >= 15 is 0 Å². The molecule has 1 unspecified atom stereocenters. The topological polar surface area (TPSA) is 63.9 Å². The van der Waals surface area contributed by atoms with E-state index in [4.69, 9.17) is 4.98 Å². The molecular weight excluding hydrogens is 314 g/mol. The fourth-order valence-electron chi connectivity index (χ4n) is 3.78. The Morgan fingerprint density at radius 1 is 1.04 bits per heavy atom. The highest BCUT2D eigenvalue weighted by atomic mass is 16.1. The van der Waals surface area contributed by atoms with Gasteiger partial charge in [0, 0.05) is 30.6 Å². The summed E-state index contributed by atoms with van der Waals surface area (Å²) in [7, 11) is 0. The molecule has 1 atom stereocenters. The van der Waals surface area contributed by atoms with Gasteiger partial charge in [0.2, 0.25) is 0 Å². The van der Waals surface area contributed by atoms with Gasteiger partial charge in [0.1, 0.15) is 11.6 Å². The summed E-state index contributed by atoms with van der Waals surface area (Å²) in [6, 6.07) is 5.85. The van der Waals surface area contributed by atoms with Crippen molar-refractivity contribution >= 4 is 5.82 Å². The van der Waals surface area contributed by atoms with E-state index in [0.717, 1.165) is 36.7 Å². The Hall–Kier alpha value is -2.24. The maximum Gasteiger partial charge on any atom is 0.266 e. The van der Waals surface area contributed by atoms with Crippen LogP contribution in [0.5, 0.6) is 0 Å². The average Bonchev–Trinajstić information content (AvgIpc) is 3.54. The van der Waals surface area contributed by atoms with E-state index in [2.05, 4.69) is 15.0 Å². The van der Waals surface area contributed by atoms with Crippen LogP contribution in [0.4, 0.5) is 5.82 Å². The minimum absolute atomic E-state index is 0.00222. The molecular formula is C19H23N5O. The fourth-order valence-corrected chi connectivity index (χ4v) is 3.78. The molecule has 0 spiro atoms. The van der Waals surface area contributed by atoms with Gasteiger partial charge in [-0.2, -0.15) is 5.10 Å². The van der Waals surface area contributed by atoms with Gasteiger partial charge in [-0.3, -0.25) is 4.79 Å². The van der Waals surface area contributed by atoms with Gasteiger partial charge in [0.05, 0.1) is 18.3 Å². The van der Waals surface area contributed by atoms with Gasteiger partial charge in [0.15, 0.2) is 0 Å². The maximum absolute atomic E-state index is 12.3. The summed E-state index contributed by atoms with van der Waals surface area (Å²) in [6.45, 7) is 1.63. The van der Waals surface area contributed by atoms with Crippen molar-refractivity contribution in [2.75, 3.05) is 11.4 Å². The molecule has 2 aromatic heterocycles. The highest BCUT2D eigenvalue weighted by Gasteiger charge is 2.31. The highest BCUT2D eigenvalue weighted by Crippen LogP contribution is 2.39. The first kappa shape index (κ1) is 15.0. The zero-order valence-corrected chi connectivity index (χ0v) is 14.3. The number of hydrogen-bond donors (Lipinski definition) is 0. The highest BCUT2D eigenvalue weighted by molar-refractivity contribution is 5.40. The van der Waals surface area contributed by atoms with E-state index in [0.29, 0.717) is 18.4 Å². The van der Waals surface area contributed by atoms with E-state index in [1.807, 2.05) is 18.3 Å². The summed E-state index contributed by atoms with van der Waals surface area (Å²) in [6.07, 6.45) is 8.90. The predicted octanol–water partition coefficient (Wildman–Crippen LogP) is 2.46. The molecule has 0 radical (unpaired) electrons. The van der Waals surface area contributed by atoms with Crippen molar-refractivity contribution in [2.24, 2.45) is 0 Å². The third-order valence-corrected chi connectivity index (χ3v) is 5.54. The lowest BCUT2D eigenvalue weighted by Crippen LogP contribution is -2.37. The third-order valence-electron chi connectivity index (χ3n) is 5.54. The van der Waals surface area contributed by atoms with Crippen LogP contribution in [0.3, 0.4) is 0 Å². The van der Waals surface area contributed by atoms with Gasteiger partial charge >= 0.3 is 0 Å². The van der Waals surface area contributed by atoms with Crippen molar-refractivity contribution in [1.29, 1.82) is 0 Å². The Labute approximate surface area is 146 Å². The zero-order chi connectivity index (χ0) is 16.8. The molecule has 2 aliphatic carbocycles. The predicted molar refractivity (Wildman–Crippen MR) is 94.8 cm³/mol. The number of aromatic nitrogens is 4. The SMILES string of the molecule is O=c1ccc(C2CC2)nn1CC1CCCN1c1ccnc(C2CC2)n1. The van der Waals surface area contributed by atoms with E-state index in [-0.39, 0.29) is 11.6 Å². The van der Waals surface area contributed by atoms with Gasteiger partial charge in [-0.05, 0) is 50.7 Å². The standard InChI is InChI=1S/C19H23N5O/c25-18-8-7-16(13-3-4-13)22-24(18)12-15-2-1-11-23(15)17-9-10-20-19(21-17)14-5-6-14/h7-10,13-15H,1-6,11-12H2. The maximum atomic E-state index is 12.3. The fraction of sp³-hybridized carbons (Fsp3) is 0.579. The van der Waals surface area contributed by atoms with Gasteiger partial charge in [-0.25, -0.2) is 14.6 Å². The molecule has 5 rings (SSSR count). The van der Waals surface area contributed by atoms with Crippen LogP contribution in [0, 0.1) is 0 Å². The summed E-state index contributed by atoms with van der Waals surface area (Å²) in [5, 5.41) is 4.63. The molecule has 2 saturated carbocycles. The molecule has 1 aliphatic heterocycles. The van der Waals surface area contributed by atoms with E-state index in [9.17, 15) is 4.79 Å². The first-order valence-electron chi connectivity index (χ1n) is 9.45. The molecule has 3 fully saturated rings. The monoisotopic (exact) mass is 337 g/mol. The average molecular weight is 337 g/mol. The quantitative estimate of drug-likeness (QED) is 0.838. The number of rotatable bonds is 5. The van der Waals surface area contributed by atoms with Crippen molar-refractivity contribution < 1.29 is 0 Å². The van der Waals surface area contributed by atoms with Crippen LogP contribution >= 0.6 is 0 Å². The van der Waals surface area contributed by atoms with Gasteiger partial charge in [-0.1, -0.05) is 0 Å². The van der Waals surface area contributed by atoms with Crippen molar-refractivity contribution in [3.8, 4) is 0 Å². The van der Waals surface area contributed by atoms with Gasteiger partial charge < -0.3 is 4.90 Å². The van der Waals surface area contributed by atoms with Crippen LogP contribution in [0.25, 0.3) is 0 Å². The third kappa shape index (κ3) is 3.05. The molecule has 3 heterocycles. The molecule has 130 valence electrons. The first-order valence-corrected chi connectivity index (χ1v) is 9.45. The molecule has 3 aliphatic rings.